The smallest absolute Gasteiger partial charge is 0.407 e. The second kappa shape index (κ2) is 27.8. The maximum atomic E-state index is 15.3. The van der Waals surface area contributed by atoms with Crippen molar-refractivity contribution in [3.05, 3.63) is 35.9 Å². The Balaban J connectivity index is 2.14. The summed E-state index contributed by atoms with van der Waals surface area (Å²) in [6.45, 7) is 28.6. The molecule has 1 aromatic rings. The van der Waals surface area contributed by atoms with Gasteiger partial charge in [0, 0.05) is 25.6 Å². The van der Waals surface area contributed by atoms with Crippen molar-refractivity contribution < 1.29 is 57.2 Å². The summed E-state index contributed by atoms with van der Waals surface area (Å²) in [6, 6.07) is 4.65. The standard InChI is InChI=1S/C54H88N8O12/c1-34(2)28-40-46(60-44(35(3)4)48(67)73-53(11,12)13)59-42(64)31-62(40)47(66)38(33-71-51(5,6)7)57-45-39(25-26-43(65)72-52(8,9)10)61(30-41(63)58-45)29-37(24-20-21-27-55-49(68)74-54(14,15)16)56-50(69)70-32-36-22-18-17-19-23-36/h17-19,22-23,34-35,37-40,44H,20-21,24-33H2,1-16H3,(H,55,68)(H,56,69)(H,57,58,63)(H,59,60,64)/t37-,38-,39-,40-,44-/m0/s1. The molecule has 2 fully saturated rings. The number of rotatable bonds is 22. The van der Waals surface area contributed by atoms with Gasteiger partial charge in [-0.05, 0) is 133 Å². The molecule has 1 aromatic carbocycles. The normalized spacial score (nSPS) is 19.4. The number of hydrogen-bond donors (Lipinski definition) is 4. The van der Waals surface area contributed by atoms with Crippen LogP contribution in [0.3, 0.4) is 0 Å². The Labute approximate surface area is 439 Å². The van der Waals surface area contributed by atoms with Crippen molar-refractivity contribution in [2.45, 2.75) is 209 Å². The summed E-state index contributed by atoms with van der Waals surface area (Å²) in [7, 11) is 0. The lowest BCUT2D eigenvalue weighted by atomic mass is 9.97. The van der Waals surface area contributed by atoms with Gasteiger partial charge in [0.15, 0.2) is 12.1 Å². The number of amidine groups is 2. The number of piperazine rings is 2. The first-order chi connectivity index (χ1) is 34.2. The molecule has 20 heteroatoms. The Hall–Kier alpha value is -5.63. The molecule has 4 N–H and O–H groups in total. The van der Waals surface area contributed by atoms with Crippen LogP contribution >= 0.6 is 0 Å². The highest BCUT2D eigenvalue weighted by Crippen LogP contribution is 2.24. The summed E-state index contributed by atoms with van der Waals surface area (Å²) >= 11 is 0. The number of unbranched alkanes of at least 4 members (excludes halogenated alkanes) is 1. The maximum absolute atomic E-state index is 15.3. The van der Waals surface area contributed by atoms with Crippen LogP contribution in [0.1, 0.15) is 155 Å². The molecule has 5 amide bonds. The van der Waals surface area contributed by atoms with E-state index in [0.29, 0.717) is 32.2 Å². The zero-order valence-corrected chi connectivity index (χ0v) is 47.1. The summed E-state index contributed by atoms with van der Waals surface area (Å²) in [4.78, 5) is 109. The quantitative estimate of drug-likeness (QED) is 0.0543. The van der Waals surface area contributed by atoms with E-state index in [-0.39, 0.29) is 69.2 Å². The monoisotopic (exact) mass is 1040 g/mol. The van der Waals surface area contributed by atoms with Crippen LogP contribution in [0.15, 0.2) is 40.3 Å². The number of nitrogens with zero attached hydrogens (tertiary/aromatic N) is 4. The number of alkyl carbamates (subject to hydrolysis) is 2. The van der Waals surface area contributed by atoms with Crippen LogP contribution in [0.2, 0.25) is 0 Å². The Morgan fingerprint density at radius 2 is 1.32 bits per heavy atom. The van der Waals surface area contributed by atoms with Crippen LogP contribution in [-0.4, -0.2) is 149 Å². The molecular weight excluding hydrogens is 953 g/mol. The van der Waals surface area contributed by atoms with Gasteiger partial charge in [0.25, 0.3) is 5.91 Å². The topological polar surface area (TPSA) is 245 Å². The van der Waals surface area contributed by atoms with Crippen molar-refractivity contribution in [3.8, 4) is 0 Å². The molecule has 20 nitrogen and oxygen atoms in total. The highest BCUT2D eigenvalue weighted by molar-refractivity contribution is 6.09. The fourth-order valence-corrected chi connectivity index (χ4v) is 8.01. The van der Waals surface area contributed by atoms with E-state index in [0.717, 1.165) is 5.56 Å². The van der Waals surface area contributed by atoms with E-state index in [1.165, 1.54) is 4.90 Å². The summed E-state index contributed by atoms with van der Waals surface area (Å²) < 4.78 is 28.7. The number of ether oxygens (including phenoxy) is 5. The third-order valence-corrected chi connectivity index (χ3v) is 11.1. The van der Waals surface area contributed by atoms with Crippen LogP contribution in [0.5, 0.6) is 0 Å². The number of esters is 2. The van der Waals surface area contributed by atoms with Crippen LogP contribution < -0.4 is 21.3 Å². The summed E-state index contributed by atoms with van der Waals surface area (Å²) in [5.41, 5.74) is -2.24. The first-order valence-corrected chi connectivity index (χ1v) is 26.0. The van der Waals surface area contributed by atoms with Gasteiger partial charge in [-0.2, -0.15) is 0 Å². The Bertz CT molecular complexity index is 2120. The lowest BCUT2D eigenvalue weighted by Crippen LogP contribution is -2.63. The molecular formula is C54H88N8O12. The summed E-state index contributed by atoms with van der Waals surface area (Å²) in [6.07, 6.45) is 0.555. The molecule has 416 valence electrons. The first kappa shape index (κ1) is 62.7. The van der Waals surface area contributed by atoms with Crippen molar-refractivity contribution in [2.75, 3.05) is 32.8 Å². The van der Waals surface area contributed by atoms with Crippen LogP contribution in [-0.2, 0) is 54.3 Å². The van der Waals surface area contributed by atoms with Gasteiger partial charge < -0.3 is 49.9 Å². The molecule has 0 aromatic heterocycles. The van der Waals surface area contributed by atoms with E-state index in [1.54, 1.807) is 67.2 Å². The second-order valence-electron chi connectivity index (χ2n) is 23.8. The van der Waals surface area contributed by atoms with Gasteiger partial charge in [0.2, 0.25) is 11.8 Å². The van der Waals surface area contributed by atoms with Gasteiger partial charge in [0.1, 0.15) is 41.6 Å². The predicted octanol–water partition coefficient (Wildman–Crippen LogP) is 6.62. The van der Waals surface area contributed by atoms with Crippen molar-refractivity contribution in [1.82, 2.24) is 31.1 Å². The fraction of sp³-hybridized carbons (Fsp3) is 0.722. The first-order valence-electron chi connectivity index (χ1n) is 26.0. The van der Waals surface area contributed by atoms with Gasteiger partial charge in [-0.15, -0.1) is 0 Å². The zero-order valence-electron chi connectivity index (χ0n) is 47.1. The van der Waals surface area contributed by atoms with E-state index in [4.69, 9.17) is 33.7 Å². The molecule has 0 bridgehead atoms. The molecule has 0 spiro atoms. The molecule has 2 heterocycles. The number of amides is 5. The fourth-order valence-electron chi connectivity index (χ4n) is 8.01. The highest BCUT2D eigenvalue weighted by atomic mass is 16.6. The maximum Gasteiger partial charge on any atom is 0.407 e. The molecule has 0 saturated carbocycles. The Morgan fingerprint density at radius 1 is 0.730 bits per heavy atom. The van der Waals surface area contributed by atoms with E-state index < -0.39 is 94.5 Å². The summed E-state index contributed by atoms with van der Waals surface area (Å²) in [5.74, 6) is -2.76. The average Bonchev–Trinajstić information content (AvgIpc) is 3.24. The molecule has 0 radical (unpaired) electrons. The average molecular weight is 1040 g/mol. The van der Waals surface area contributed by atoms with Gasteiger partial charge >= 0.3 is 24.1 Å². The zero-order chi connectivity index (χ0) is 55.8. The van der Waals surface area contributed by atoms with E-state index in [2.05, 4.69) is 21.3 Å². The van der Waals surface area contributed by atoms with E-state index in [1.807, 2.05) is 78.8 Å². The van der Waals surface area contributed by atoms with Crippen molar-refractivity contribution >= 4 is 53.5 Å². The molecule has 2 aliphatic rings. The number of nitrogens with one attached hydrogen (secondary N) is 4. The summed E-state index contributed by atoms with van der Waals surface area (Å²) in [5, 5.41) is 11.5. The van der Waals surface area contributed by atoms with Crippen LogP contribution in [0, 0.1) is 11.8 Å². The molecule has 2 saturated heterocycles. The Morgan fingerprint density at radius 3 is 1.89 bits per heavy atom. The van der Waals surface area contributed by atoms with Gasteiger partial charge in [-0.1, -0.05) is 58.0 Å². The van der Waals surface area contributed by atoms with Gasteiger partial charge in [0.05, 0.1) is 30.8 Å². The molecule has 5 atom stereocenters. The molecule has 0 unspecified atom stereocenters. The minimum Gasteiger partial charge on any atom is -0.460 e. The molecule has 74 heavy (non-hydrogen) atoms. The highest BCUT2D eigenvalue weighted by Gasteiger charge is 2.42. The second-order valence-corrected chi connectivity index (χ2v) is 23.8. The largest absolute Gasteiger partial charge is 0.460 e. The third kappa shape index (κ3) is 23.7. The van der Waals surface area contributed by atoms with Crippen molar-refractivity contribution in [2.24, 2.45) is 21.8 Å². The van der Waals surface area contributed by atoms with Crippen molar-refractivity contribution in [3.63, 3.8) is 0 Å². The van der Waals surface area contributed by atoms with E-state index >= 15 is 4.79 Å². The predicted molar refractivity (Wildman–Crippen MR) is 282 cm³/mol. The number of benzene rings is 1. The minimum atomic E-state index is -1.33. The lowest BCUT2D eigenvalue weighted by molar-refractivity contribution is -0.158. The lowest BCUT2D eigenvalue weighted by Gasteiger charge is -2.40. The number of aliphatic imine (C=N–C) groups is 2. The SMILES string of the molecule is CC(C)C[C@H]1C(=N[C@H](C(=O)OC(C)(C)C)C(C)C)NC(=O)CN1C(=O)[C@H](COC(C)(C)C)N=C1NC(=O)CN(C[C@H](CCCCNC(=O)OC(C)(C)C)NC(=O)OCc2ccccc2)[C@H]1CCC(=O)OC(C)(C)C. The van der Waals surface area contributed by atoms with Gasteiger partial charge in [-0.25, -0.2) is 14.4 Å². The number of carbonyl (C=O) groups excluding carboxylic acids is 7. The van der Waals surface area contributed by atoms with Crippen molar-refractivity contribution in [1.29, 1.82) is 0 Å². The third-order valence-electron chi connectivity index (χ3n) is 11.1. The molecule has 2 aliphatic heterocycles. The molecule has 3 rings (SSSR count). The van der Waals surface area contributed by atoms with E-state index in [9.17, 15) is 28.8 Å². The van der Waals surface area contributed by atoms with Crippen LogP contribution in [0.25, 0.3) is 0 Å². The Kier molecular flexibility index (Phi) is 23.5. The van der Waals surface area contributed by atoms with Gasteiger partial charge in [-0.3, -0.25) is 34.1 Å². The number of hydrogen-bond acceptors (Lipinski definition) is 15. The number of carbonyl (C=O) groups is 7. The minimum absolute atomic E-state index is 0.00745. The molecule has 0 aliphatic carbocycles. The van der Waals surface area contributed by atoms with Crippen LogP contribution in [0.4, 0.5) is 9.59 Å².